The smallest absolute Gasteiger partial charge is 0.274 e. The standard InChI is InChI=1S/C21H22ClN5O3S/c22-17-4-3-15(31-17)13-26-14-21(30-11-5-19(26)28)6-9-25(10-7-21)20(29)16-12-23-18-2-1-8-24-27(16)18/h1-4,8,12H,5-7,9-11,13-14H2. The van der Waals surface area contributed by atoms with Gasteiger partial charge in [0, 0.05) is 24.2 Å². The van der Waals surface area contributed by atoms with Gasteiger partial charge in [-0.05, 0) is 37.1 Å². The fourth-order valence-corrected chi connectivity index (χ4v) is 5.42. The summed E-state index contributed by atoms with van der Waals surface area (Å²) in [5.41, 5.74) is 0.677. The van der Waals surface area contributed by atoms with Crippen LogP contribution in [0, 0.1) is 0 Å². The monoisotopic (exact) mass is 459 g/mol. The molecular weight excluding hydrogens is 438 g/mol. The van der Waals surface area contributed by atoms with Crippen LogP contribution in [-0.4, -0.2) is 68.1 Å². The second-order valence-corrected chi connectivity index (χ2v) is 9.77. The molecule has 8 nitrogen and oxygen atoms in total. The Kier molecular flexibility index (Phi) is 5.41. The SMILES string of the molecule is O=C1CCOC2(CCN(C(=O)c3cnc4cccnn34)CC2)CN1Cc1ccc(Cl)s1. The topological polar surface area (TPSA) is 80.0 Å². The number of hydrogen-bond donors (Lipinski definition) is 0. The van der Waals surface area contributed by atoms with Gasteiger partial charge in [0.15, 0.2) is 11.3 Å². The summed E-state index contributed by atoms with van der Waals surface area (Å²) >= 11 is 7.55. The summed E-state index contributed by atoms with van der Waals surface area (Å²) in [6.45, 7) is 2.60. The molecule has 2 aliphatic heterocycles. The average molecular weight is 460 g/mol. The minimum absolute atomic E-state index is 0.0872. The molecule has 0 atom stereocenters. The van der Waals surface area contributed by atoms with E-state index in [1.807, 2.05) is 28.0 Å². The molecule has 0 unspecified atom stereocenters. The molecule has 5 rings (SSSR count). The quantitative estimate of drug-likeness (QED) is 0.601. The number of nitrogens with zero attached hydrogens (tertiary/aromatic N) is 5. The lowest BCUT2D eigenvalue weighted by Gasteiger charge is -2.42. The molecule has 0 bridgehead atoms. The van der Waals surface area contributed by atoms with Gasteiger partial charge in [-0.3, -0.25) is 9.59 Å². The van der Waals surface area contributed by atoms with Crippen molar-refractivity contribution in [3.8, 4) is 0 Å². The number of fused-ring (bicyclic) bond motifs is 1. The summed E-state index contributed by atoms with van der Waals surface area (Å²) in [5, 5.41) is 4.24. The summed E-state index contributed by atoms with van der Waals surface area (Å²) < 4.78 is 8.50. The highest BCUT2D eigenvalue weighted by Crippen LogP contribution is 2.32. The first-order valence-corrected chi connectivity index (χ1v) is 11.5. The maximum absolute atomic E-state index is 13.1. The Hall–Kier alpha value is -2.49. The molecule has 1 spiro atoms. The average Bonchev–Trinajstić information content (AvgIpc) is 3.35. The number of halogens is 1. The van der Waals surface area contributed by atoms with Crippen LogP contribution in [0.1, 0.15) is 34.6 Å². The van der Waals surface area contributed by atoms with Crippen molar-refractivity contribution in [2.24, 2.45) is 0 Å². The molecule has 31 heavy (non-hydrogen) atoms. The van der Waals surface area contributed by atoms with Gasteiger partial charge in [-0.25, -0.2) is 9.50 Å². The van der Waals surface area contributed by atoms with Crippen LogP contribution in [0.15, 0.2) is 36.7 Å². The van der Waals surface area contributed by atoms with E-state index in [0.29, 0.717) is 63.4 Å². The van der Waals surface area contributed by atoms with E-state index in [0.717, 1.165) is 9.21 Å². The van der Waals surface area contributed by atoms with Gasteiger partial charge in [0.25, 0.3) is 5.91 Å². The van der Waals surface area contributed by atoms with Crippen LogP contribution in [0.2, 0.25) is 4.34 Å². The number of imidazole rings is 1. The molecule has 0 aliphatic carbocycles. The molecule has 0 radical (unpaired) electrons. The van der Waals surface area contributed by atoms with E-state index in [9.17, 15) is 9.59 Å². The van der Waals surface area contributed by atoms with E-state index in [1.165, 1.54) is 11.3 Å². The Morgan fingerprint density at radius 3 is 2.87 bits per heavy atom. The Labute approximate surface area is 188 Å². The summed E-state index contributed by atoms with van der Waals surface area (Å²) in [7, 11) is 0. The summed E-state index contributed by atoms with van der Waals surface area (Å²) in [5.74, 6) is 0.00698. The van der Waals surface area contributed by atoms with E-state index >= 15 is 0 Å². The van der Waals surface area contributed by atoms with Crippen molar-refractivity contribution in [2.45, 2.75) is 31.4 Å². The zero-order valence-corrected chi connectivity index (χ0v) is 18.4. The van der Waals surface area contributed by atoms with Crippen LogP contribution in [0.4, 0.5) is 0 Å². The number of aromatic nitrogens is 3. The predicted molar refractivity (Wildman–Crippen MR) is 116 cm³/mol. The minimum atomic E-state index is -0.429. The Bertz CT molecular complexity index is 1120. The Morgan fingerprint density at radius 2 is 2.10 bits per heavy atom. The molecule has 0 aromatic carbocycles. The van der Waals surface area contributed by atoms with Crippen molar-refractivity contribution in [3.05, 3.63) is 51.6 Å². The van der Waals surface area contributed by atoms with E-state index in [1.54, 1.807) is 23.0 Å². The van der Waals surface area contributed by atoms with Gasteiger partial charge in [0.05, 0.1) is 42.3 Å². The van der Waals surface area contributed by atoms with Crippen molar-refractivity contribution < 1.29 is 14.3 Å². The second kappa shape index (κ2) is 8.22. The van der Waals surface area contributed by atoms with E-state index in [-0.39, 0.29) is 11.8 Å². The van der Waals surface area contributed by atoms with Gasteiger partial charge in [0.2, 0.25) is 5.91 Å². The molecule has 3 aromatic heterocycles. The molecule has 2 aliphatic rings. The van der Waals surface area contributed by atoms with E-state index in [2.05, 4.69) is 10.1 Å². The van der Waals surface area contributed by atoms with Gasteiger partial charge in [-0.15, -0.1) is 11.3 Å². The van der Waals surface area contributed by atoms with Crippen LogP contribution in [-0.2, 0) is 16.1 Å². The molecule has 3 aromatic rings. The molecule has 2 amide bonds. The molecule has 5 heterocycles. The third-order valence-electron chi connectivity index (χ3n) is 5.99. The highest BCUT2D eigenvalue weighted by molar-refractivity contribution is 7.16. The van der Waals surface area contributed by atoms with Gasteiger partial charge in [0.1, 0.15) is 0 Å². The van der Waals surface area contributed by atoms with E-state index in [4.69, 9.17) is 16.3 Å². The first-order chi connectivity index (χ1) is 15.0. The molecule has 0 saturated carbocycles. The highest BCUT2D eigenvalue weighted by Gasteiger charge is 2.41. The van der Waals surface area contributed by atoms with Gasteiger partial charge in [-0.2, -0.15) is 5.10 Å². The highest BCUT2D eigenvalue weighted by atomic mass is 35.5. The minimum Gasteiger partial charge on any atom is -0.372 e. The lowest BCUT2D eigenvalue weighted by atomic mass is 9.90. The fraction of sp³-hybridized carbons (Fsp3) is 0.429. The Balaban J connectivity index is 1.28. The largest absolute Gasteiger partial charge is 0.372 e. The third kappa shape index (κ3) is 4.05. The first kappa shape index (κ1) is 20.4. The van der Waals surface area contributed by atoms with Gasteiger partial charge >= 0.3 is 0 Å². The summed E-state index contributed by atoms with van der Waals surface area (Å²) in [6, 6.07) is 7.43. The lowest BCUT2D eigenvalue weighted by Crippen LogP contribution is -2.53. The van der Waals surface area contributed by atoms with Gasteiger partial charge in [-0.1, -0.05) is 11.6 Å². The molecule has 0 N–H and O–H groups in total. The second-order valence-electron chi connectivity index (χ2n) is 7.97. The number of ether oxygens (including phenoxy) is 1. The maximum Gasteiger partial charge on any atom is 0.274 e. The number of likely N-dealkylation sites (tertiary alicyclic amines) is 1. The molecule has 10 heteroatoms. The number of rotatable bonds is 3. The Morgan fingerprint density at radius 1 is 1.26 bits per heavy atom. The maximum atomic E-state index is 13.1. The molecular formula is C21H22ClN5O3S. The number of thiophene rings is 1. The first-order valence-electron chi connectivity index (χ1n) is 10.3. The molecule has 162 valence electrons. The fourth-order valence-electron chi connectivity index (χ4n) is 4.32. The van der Waals surface area contributed by atoms with Crippen molar-refractivity contribution in [2.75, 3.05) is 26.2 Å². The predicted octanol–water partition coefficient (Wildman–Crippen LogP) is 2.87. The van der Waals surface area contributed by atoms with Crippen LogP contribution >= 0.6 is 22.9 Å². The number of piperidine rings is 1. The lowest BCUT2D eigenvalue weighted by molar-refractivity contribution is -0.132. The zero-order chi connectivity index (χ0) is 21.4. The number of hydrogen-bond acceptors (Lipinski definition) is 6. The number of carbonyl (C=O) groups excluding carboxylic acids is 2. The zero-order valence-electron chi connectivity index (χ0n) is 16.9. The van der Waals surface area contributed by atoms with Crippen molar-refractivity contribution in [1.82, 2.24) is 24.4 Å². The summed E-state index contributed by atoms with van der Waals surface area (Å²) in [6.07, 6.45) is 4.94. The number of carbonyl (C=O) groups is 2. The number of amides is 2. The van der Waals surface area contributed by atoms with Crippen LogP contribution in [0.25, 0.3) is 5.65 Å². The van der Waals surface area contributed by atoms with Crippen LogP contribution < -0.4 is 0 Å². The van der Waals surface area contributed by atoms with Crippen LogP contribution in [0.3, 0.4) is 0 Å². The molecule has 2 saturated heterocycles. The van der Waals surface area contributed by atoms with Crippen LogP contribution in [0.5, 0.6) is 0 Å². The van der Waals surface area contributed by atoms with Crippen molar-refractivity contribution in [3.63, 3.8) is 0 Å². The van der Waals surface area contributed by atoms with Crippen molar-refractivity contribution >= 4 is 40.4 Å². The molecule has 2 fully saturated rings. The van der Waals surface area contributed by atoms with Crippen molar-refractivity contribution in [1.29, 1.82) is 0 Å². The van der Waals surface area contributed by atoms with E-state index < -0.39 is 5.60 Å². The van der Waals surface area contributed by atoms with Gasteiger partial charge < -0.3 is 14.5 Å². The third-order valence-corrected chi connectivity index (χ3v) is 7.21. The normalized spacial score (nSPS) is 19.2. The summed E-state index contributed by atoms with van der Waals surface area (Å²) in [4.78, 5) is 34.7.